The first-order valence-electron chi connectivity index (χ1n) is 11.6. The van der Waals surface area contributed by atoms with Gasteiger partial charge in [-0.2, -0.15) is 0 Å². The predicted octanol–water partition coefficient (Wildman–Crippen LogP) is 1.29. The third-order valence-corrected chi connectivity index (χ3v) is 9.68. The summed E-state index contributed by atoms with van der Waals surface area (Å²) >= 11 is 9.15. The van der Waals surface area contributed by atoms with Gasteiger partial charge in [-0.05, 0) is 31.0 Å². The highest BCUT2D eigenvalue weighted by Gasteiger charge is 2.59. The zero-order valence-electron chi connectivity index (χ0n) is 19.4. The van der Waals surface area contributed by atoms with Gasteiger partial charge in [0.2, 0.25) is 11.8 Å². The summed E-state index contributed by atoms with van der Waals surface area (Å²) in [5.74, 6) is -1.12. The highest BCUT2D eigenvalue weighted by molar-refractivity contribution is 8.06. The van der Waals surface area contributed by atoms with Gasteiger partial charge in [0.05, 0.1) is 36.3 Å². The molecule has 0 unspecified atom stereocenters. The minimum Gasteiger partial charge on any atom is -0.393 e. The molecule has 2 saturated heterocycles. The van der Waals surface area contributed by atoms with Crippen molar-refractivity contribution in [1.82, 2.24) is 20.0 Å². The fraction of sp³-hybridized carbons (Fsp3) is 0.522. The number of β-lactam (4-membered cyclic amide) rings is 1. The fourth-order valence-electron chi connectivity index (χ4n) is 5.46. The first kappa shape index (κ1) is 24.8. The van der Waals surface area contributed by atoms with Crippen LogP contribution in [-0.4, -0.2) is 80.1 Å². The summed E-state index contributed by atoms with van der Waals surface area (Å²) in [6.45, 7) is 5.19. The van der Waals surface area contributed by atoms with Crippen LogP contribution in [0.1, 0.15) is 20.3 Å². The number of nitrogens with zero attached hydrogens (tertiary/aromatic N) is 3. The van der Waals surface area contributed by atoms with E-state index in [0.29, 0.717) is 6.67 Å². The summed E-state index contributed by atoms with van der Waals surface area (Å²) in [5.41, 5.74) is 6.67. The minimum absolute atomic E-state index is 0.0472. The summed E-state index contributed by atoms with van der Waals surface area (Å²) in [4.78, 5) is 42.4. The molecule has 0 aromatic carbocycles. The number of amides is 2. The Bertz CT molecular complexity index is 1090. The molecule has 6 atom stereocenters. The highest BCUT2D eigenvalue weighted by Crippen LogP contribution is 2.52. The lowest BCUT2D eigenvalue weighted by molar-refractivity contribution is -0.160. The molecule has 2 amide bonds. The molecule has 0 aliphatic carbocycles. The maximum Gasteiger partial charge on any atom is 0.269 e. The lowest BCUT2D eigenvalue weighted by atomic mass is 9.79. The van der Waals surface area contributed by atoms with Crippen molar-refractivity contribution in [2.45, 2.75) is 43.7 Å². The first-order chi connectivity index (χ1) is 16.7. The van der Waals surface area contributed by atoms with Crippen LogP contribution in [0.4, 0.5) is 0 Å². The van der Waals surface area contributed by atoms with E-state index in [0.717, 1.165) is 28.6 Å². The summed E-state index contributed by atoms with van der Waals surface area (Å²) in [5, 5.41) is 16.4. The number of rotatable bonds is 8. The van der Waals surface area contributed by atoms with Crippen molar-refractivity contribution < 1.29 is 19.5 Å². The van der Waals surface area contributed by atoms with Gasteiger partial charge in [-0.25, -0.2) is 0 Å². The Labute approximate surface area is 217 Å². The van der Waals surface area contributed by atoms with E-state index >= 15 is 0 Å². The maximum atomic E-state index is 12.6. The molecule has 2 fully saturated rings. The third kappa shape index (κ3) is 4.42. The number of carbonyl (C=O) groups is 3. The van der Waals surface area contributed by atoms with Crippen molar-refractivity contribution in [3.63, 3.8) is 0 Å². The highest BCUT2D eigenvalue weighted by atomic mass is 35.5. The van der Waals surface area contributed by atoms with Crippen LogP contribution < -0.4 is 11.1 Å². The van der Waals surface area contributed by atoms with Crippen molar-refractivity contribution in [3.05, 3.63) is 45.1 Å². The van der Waals surface area contributed by atoms with Crippen LogP contribution in [0.3, 0.4) is 0 Å². The van der Waals surface area contributed by atoms with Gasteiger partial charge in [0.15, 0.2) is 0 Å². The molecule has 35 heavy (non-hydrogen) atoms. The van der Waals surface area contributed by atoms with Gasteiger partial charge in [0, 0.05) is 46.0 Å². The standard InChI is InChI=1S/C23H28ClN5O4S2/c1-11-19-18(12(2)30)23(33)29(19)20(22(24)32)21(11)35-15-5-13(26-6-15)3-4-14-9-34-17-8-27(7-16(25)31)10-28(14)17/h3-4,8-9,11-13,15,18-19,26,30H,5-7,10H2,1-2H3,(H2,25,31)/b4-3+/t11-,12-,13-,15+,18-,19-/m1/s1. The van der Waals surface area contributed by atoms with Gasteiger partial charge >= 0.3 is 0 Å². The monoisotopic (exact) mass is 537 g/mol. The summed E-state index contributed by atoms with van der Waals surface area (Å²) in [6.07, 6.45) is 6.30. The van der Waals surface area contributed by atoms with Gasteiger partial charge in [-0.15, -0.1) is 11.8 Å². The van der Waals surface area contributed by atoms with Gasteiger partial charge in [-0.1, -0.05) is 24.8 Å². The largest absolute Gasteiger partial charge is 0.393 e. The Balaban J connectivity index is 1.21. The zero-order valence-corrected chi connectivity index (χ0v) is 21.8. The van der Waals surface area contributed by atoms with Crippen molar-refractivity contribution in [3.8, 4) is 0 Å². The Hall–Kier alpha value is -1.92. The number of thioether (sulfide) groups is 2. The molecule has 12 heteroatoms. The number of carbonyl (C=O) groups excluding carboxylic acids is 3. The number of allylic oxidation sites excluding steroid dienone is 2. The van der Waals surface area contributed by atoms with Crippen LogP contribution in [0.25, 0.3) is 0 Å². The van der Waals surface area contributed by atoms with Crippen molar-refractivity contribution >= 4 is 52.2 Å². The van der Waals surface area contributed by atoms with Crippen LogP contribution in [0.5, 0.6) is 0 Å². The SMILES string of the molecule is C[C@@H](O)[C@H]1C(=O)N2C(C(=O)Cl)=C(S[C@@H]3CN[C@H](/C=C/C4=CSC5=CN(CC(N)=O)CN45)C3)[C@H](C)[C@H]12. The Morgan fingerprint density at radius 3 is 2.91 bits per heavy atom. The molecule has 0 saturated carbocycles. The zero-order chi connectivity index (χ0) is 25.0. The maximum absolute atomic E-state index is 12.6. The number of primary amides is 1. The summed E-state index contributed by atoms with van der Waals surface area (Å²) in [7, 11) is 0. The molecule has 9 nitrogen and oxygen atoms in total. The lowest BCUT2D eigenvalue weighted by Gasteiger charge is -2.46. The third-order valence-electron chi connectivity index (χ3n) is 7.07. The van der Waals surface area contributed by atoms with Gasteiger partial charge in [0.1, 0.15) is 5.70 Å². The summed E-state index contributed by atoms with van der Waals surface area (Å²) < 4.78 is 0. The number of hydrogen-bond donors (Lipinski definition) is 3. The summed E-state index contributed by atoms with van der Waals surface area (Å²) in [6, 6.07) is -0.0384. The number of aliphatic hydroxyl groups excluding tert-OH is 1. The van der Waals surface area contributed by atoms with E-state index in [2.05, 4.69) is 27.8 Å². The van der Waals surface area contributed by atoms with Crippen molar-refractivity contribution in [1.29, 1.82) is 0 Å². The number of halogens is 1. The molecule has 0 radical (unpaired) electrons. The molecule has 5 aliphatic heterocycles. The number of nitrogens with one attached hydrogen (secondary N) is 1. The normalized spacial score (nSPS) is 32.7. The van der Waals surface area contributed by atoms with E-state index in [9.17, 15) is 19.5 Å². The Kier molecular flexibility index (Phi) is 6.73. The van der Waals surface area contributed by atoms with E-state index in [-0.39, 0.29) is 47.3 Å². The Morgan fingerprint density at radius 1 is 1.46 bits per heavy atom. The number of aliphatic hydroxyl groups is 1. The number of nitrogens with two attached hydrogens (primary N) is 1. The van der Waals surface area contributed by atoms with E-state index in [4.69, 9.17) is 17.3 Å². The van der Waals surface area contributed by atoms with Crippen LogP contribution in [-0.2, 0) is 14.4 Å². The fourth-order valence-corrected chi connectivity index (χ4v) is 8.15. The second-order valence-electron chi connectivity index (χ2n) is 9.50. The van der Waals surface area contributed by atoms with Gasteiger partial charge in [0.25, 0.3) is 5.24 Å². The molecule has 5 rings (SSSR count). The Morgan fingerprint density at radius 2 is 2.23 bits per heavy atom. The molecule has 4 N–H and O–H groups in total. The molecule has 5 heterocycles. The van der Waals surface area contributed by atoms with Crippen LogP contribution in [0, 0.1) is 11.8 Å². The molecule has 0 aromatic rings. The average molecular weight is 538 g/mol. The average Bonchev–Trinajstić information content (AvgIpc) is 3.51. The molecule has 5 aliphatic rings. The van der Waals surface area contributed by atoms with Crippen LogP contribution in [0.15, 0.2) is 45.1 Å². The molecule has 0 aromatic heterocycles. The van der Waals surface area contributed by atoms with E-state index in [1.54, 1.807) is 30.4 Å². The number of fused-ring (bicyclic) bond motifs is 2. The first-order valence-corrected chi connectivity index (χ1v) is 13.7. The molecule has 0 bridgehead atoms. The van der Waals surface area contributed by atoms with E-state index in [1.807, 2.05) is 18.0 Å². The van der Waals surface area contributed by atoms with Crippen molar-refractivity contribution in [2.24, 2.45) is 17.6 Å². The van der Waals surface area contributed by atoms with E-state index < -0.39 is 17.3 Å². The molecule has 0 spiro atoms. The predicted molar refractivity (Wildman–Crippen MR) is 136 cm³/mol. The van der Waals surface area contributed by atoms with Gasteiger partial charge in [-0.3, -0.25) is 14.4 Å². The molecular formula is C23H28ClN5O4S2. The van der Waals surface area contributed by atoms with Gasteiger partial charge < -0.3 is 30.9 Å². The molecule has 188 valence electrons. The van der Waals surface area contributed by atoms with E-state index in [1.165, 1.54) is 4.90 Å². The topological polar surface area (TPSA) is 119 Å². The quantitative estimate of drug-likeness (QED) is 0.311. The number of hydrogen-bond acceptors (Lipinski definition) is 9. The van der Waals surface area contributed by atoms with Crippen LogP contribution >= 0.6 is 35.1 Å². The smallest absolute Gasteiger partial charge is 0.269 e. The minimum atomic E-state index is -0.762. The second kappa shape index (κ2) is 9.51. The second-order valence-corrected chi connectivity index (χ2v) is 12.1. The molecular weight excluding hydrogens is 510 g/mol. The van der Waals surface area contributed by atoms with Crippen molar-refractivity contribution in [2.75, 3.05) is 19.8 Å². The lowest BCUT2D eigenvalue weighted by Crippen LogP contribution is -2.63. The van der Waals surface area contributed by atoms with Crippen LogP contribution in [0.2, 0.25) is 0 Å².